The number of carbonyl (C=O) groups is 1. The van der Waals surface area contributed by atoms with Gasteiger partial charge in [0, 0.05) is 13.0 Å². The van der Waals surface area contributed by atoms with Crippen molar-refractivity contribution in [3.05, 3.63) is 23.6 Å². The molecular formula is C16H23FN2O4. The SMILES string of the molecule is CC(C)(C)OC(=O)N1CCCCC1Oc1nc(CO)ccc1F. The lowest BCUT2D eigenvalue weighted by Crippen LogP contribution is -2.48. The third kappa shape index (κ3) is 4.79. The van der Waals surface area contributed by atoms with Crippen LogP contribution >= 0.6 is 0 Å². The van der Waals surface area contributed by atoms with Crippen molar-refractivity contribution in [2.24, 2.45) is 0 Å². The molecule has 1 aromatic rings. The van der Waals surface area contributed by atoms with E-state index in [4.69, 9.17) is 14.6 Å². The van der Waals surface area contributed by atoms with Crippen molar-refractivity contribution in [2.75, 3.05) is 6.54 Å². The van der Waals surface area contributed by atoms with Crippen molar-refractivity contribution in [3.8, 4) is 5.88 Å². The number of amides is 1. The van der Waals surface area contributed by atoms with Crippen LogP contribution in [0.3, 0.4) is 0 Å². The fraction of sp³-hybridized carbons (Fsp3) is 0.625. The highest BCUT2D eigenvalue weighted by Crippen LogP contribution is 2.24. The first-order chi connectivity index (χ1) is 10.8. The molecule has 0 aliphatic carbocycles. The Morgan fingerprint density at radius 3 is 2.83 bits per heavy atom. The molecule has 0 aromatic carbocycles. The Balaban J connectivity index is 2.14. The van der Waals surface area contributed by atoms with Crippen molar-refractivity contribution in [1.82, 2.24) is 9.88 Å². The van der Waals surface area contributed by atoms with Crippen molar-refractivity contribution in [2.45, 2.75) is 58.5 Å². The number of rotatable bonds is 3. The molecule has 0 spiro atoms. The molecule has 1 unspecified atom stereocenters. The van der Waals surface area contributed by atoms with E-state index in [-0.39, 0.29) is 12.5 Å². The maximum Gasteiger partial charge on any atom is 0.413 e. The number of likely N-dealkylation sites (tertiary alicyclic amines) is 1. The number of hydrogen-bond acceptors (Lipinski definition) is 5. The van der Waals surface area contributed by atoms with E-state index in [2.05, 4.69) is 4.98 Å². The zero-order valence-corrected chi connectivity index (χ0v) is 13.7. The minimum atomic E-state index is -0.630. The third-order valence-corrected chi connectivity index (χ3v) is 3.36. The number of hydrogen-bond donors (Lipinski definition) is 1. The third-order valence-electron chi connectivity index (χ3n) is 3.36. The van der Waals surface area contributed by atoms with Crippen LogP contribution in [-0.4, -0.2) is 39.5 Å². The Morgan fingerprint density at radius 2 is 2.17 bits per heavy atom. The van der Waals surface area contributed by atoms with Crippen molar-refractivity contribution in [3.63, 3.8) is 0 Å². The Bertz CT molecular complexity index is 560. The molecule has 1 N–H and O–H groups in total. The maximum absolute atomic E-state index is 13.9. The predicted molar refractivity (Wildman–Crippen MR) is 81.3 cm³/mol. The summed E-state index contributed by atoms with van der Waals surface area (Å²) < 4.78 is 24.8. The molecule has 2 heterocycles. The van der Waals surface area contributed by atoms with Crippen LogP contribution in [-0.2, 0) is 11.3 Å². The number of nitrogens with zero attached hydrogens (tertiary/aromatic N) is 2. The fourth-order valence-corrected chi connectivity index (χ4v) is 2.31. The van der Waals surface area contributed by atoms with E-state index < -0.39 is 23.7 Å². The Kier molecular flexibility index (Phi) is 5.41. The van der Waals surface area contributed by atoms with Crippen LogP contribution < -0.4 is 4.74 Å². The normalized spacial score (nSPS) is 18.7. The van der Waals surface area contributed by atoms with Crippen LogP contribution in [0.4, 0.5) is 9.18 Å². The van der Waals surface area contributed by atoms with E-state index in [1.165, 1.54) is 17.0 Å². The zero-order chi connectivity index (χ0) is 17.0. The highest BCUT2D eigenvalue weighted by molar-refractivity contribution is 5.68. The lowest BCUT2D eigenvalue weighted by molar-refractivity contribution is -0.0369. The molecule has 1 aliphatic rings. The van der Waals surface area contributed by atoms with Crippen LogP contribution in [0.1, 0.15) is 45.7 Å². The van der Waals surface area contributed by atoms with Gasteiger partial charge in [0.05, 0.1) is 12.3 Å². The monoisotopic (exact) mass is 326 g/mol. The summed E-state index contributed by atoms with van der Waals surface area (Å²) in [4.78, 5) is 17.7. The summed E-state index contributed by atoms with van der Waals surface area (Å²) in [6.45, 7) is 5.54. The summed E-state index contributed by atoms with van der Waals surface area (Å²) in [5, 5.41) is 9.10. The van der Waals surface area contributed by atoms with Crippen molar-refractivity contribution < 1.29 is 23.8 Å². The van der Waals surface area contributed by atoms with Gasteiger partial charge < -0.3 is 14.6 Å². The van der Waals surface area contributed by atoms with Gasteiger partial charge in [-0.2, -0.15) is 0 Å². The molecule has 1 saturated heterocycles. The molecule has 0 radical (unpaired) electrons. The van der Waals surface area contributed by atoms with Crippen LogP contribution in [0, 0.1) is 5.82 Å². The molecule has 1 fully saturated rings. The molecule has 23 heavy (non-hydrogen) atoms. The highest BCUT2D eigenvalue weighted by atomic mass is 19.1. The van der Waals surface area contributed by atoms with Gasteiger partial charge in [0.25, 0.3) is 5.88 Å². The number of pyridine rings is 1. The van der Waals surface area contributed by atoms with E-state index in [0.717, 1.165) is 12.8 Å². The summed E-state index contributed by atoms with van der Waals surface area (Å²) in [6, 6.07) is 2.57. The van der Waals surface area contributed by atoms with Gasteiger partial charge in [0.2, 0.25) is 0 Å². The molecule has 7 heteroatoms. The minimum absolute atomic E-state index is 0.211. The number of halogens is 1. The Morgan fingerprint density at radius 1 is 1.43 bits per heavy atom. The topological polar surface area (TPSA) is 71.9 Å². The second kappa shape index (κ2) is 7.12. The standard InChI is InChI=1S/C16H23FN2O4/c1-16(2,3)23-15(21)19-9-5-4-6-13(19)22-14-12(17)8-7-11(10-20)18-14/h7-8,13,20H,4-6,9-10H2,1-3H3. The van der Waals surface area contributed by atoms with Gasteiger partial charge in [-0.3, -0.25) is 4.90 Å². The van der Waals surface area contributed by atoms with Crippen molar-refractivity contribution in [1.29, 1.82) is 0 Å². The first-order valence-corrected chi connectivity index (χ1v) is 7.73. The number of aromatic nitrogens is 1. The highest BCUT2D eigenvalue weighted by Gasteiger charge is 2.32. The predicted octanol–water partition coefficient (Wildman–Crippen LogP) is 2.84. The average molecular weight is 326 g/mol. The smallest absolute Gasteiger partial charge is 0.413 e. The Hall–Kier alpha value is -1.89. The summed E-state index contributed by atoms with van der Waals surface area (Å²) >= 11 is 0. The molecule has 0 saturated carbocycles. The van der Waals surface area contributed by atoms with Crippen LogP contribution in [0.25, 0.3) is 0 Å². The second-order valence-corrected chi connectivity index (χ2v) is 6.49. The van der Waals surface area contributed by atoms with E-state index >= 15 is 0 Å². The van der Waals surface area contributed by atoms with Crippen LogP contribution in [0.5, 0.6) is 5.88 Å². The lowest BCUT2D eigenvalue weighted by atomic mass is 10.1. The van der Waals surface area contributed by atoms with Gasteiger partial charge in [-0.05, 0) is 45.7 Å². The molecule has 1 amide bonds. The van der Waals surface area contributed by atoms with Gasteiger partial charge >= 0.3 is 6.09 Å². The van der Waals surface area contributed by atoms with E-state index in [9.17, 15) is 9.18 Å². The molecule has 0 bridgehead atoms. The first-order valence-electron chi connectivity index (χ1n) is 7.73. The summed E-state index contributed by atoms with van der Waals surface area (Å²) in [7, 11) is 0. The van der Waals surface area contributed by atoms with Gasteiger partial charge in [-0.25, -0.2) is 14.2 Å². The number of carbonyl (C=O) groups excluding carboxylic acids is 1. The molecule has 2 rings (SSSR count). The number of aliphatic hydroxyl groups excluding tert-OH is 1. The van der Waals surface area contributed by atoms with E-state index in [0.29, 0.717) is 18.7 Å². The maximum atomic E-state index is 13.9. The molecule has 1 aromatic heterocycles. The zero-order valence-electron chi connectivity index (χ0n) is 13.7. The first kappa shape index (κ1) is 17.5. The quantitative estimate of drug-likeness (QED) is 0.925. The largest absolute Gasteiger partial charge is 0.451 e. The van der Waals surface area contributed by atoms with Gasteiger partial charge in [0.1, 0.15) is 5.60 Å². The number of aliphatic hydroxyl groups is 1. The number of ether oxygens (including phenoxy) is 2. The van der Waals surface area contributed by atoms with Gasteiger partial charge in [-0.1, -0.05) is 0 Å². The average Bonchev–Trinajstić information content (AvgIpc) is 2.48. The van der Waals surface area contributed by atoms with E-state index in [1.807, 2.05) is 0 Å². The second-order valence-electron chi connectivity index (χ2n) is 6.49. The minimum Gasteiger partial charge on any atom is -0.451 e. The molecule has 6 nitrogen and oxygen atoms in total. The van der Waals surface area contributed by atoms with Gasteiger partial charge in [-0.15, -0.1) is 0 Å². The number of piperidine rings is 1. The molecule has 128 valence electrons. The van der Waals surface area contributed by atoms with Crippen molar-refractivity contribution >= 4 is 6.09 Å². The van der Waals surface area contributed by atoms with Gasteiger partial charge in [0.15, 0.2) is 12.0 Å². The van der Waals surface area contributed by atoms with Crippen LogP contribution in [0.2, 0.25) is 0 Å². The Labute approximate surface area is 135 Å². The van der Waals surface area contributed by atoms with Crippen LogP contribution in [0.15, 0.2) is 12.1 Å². The molecule has 1 atom stereocenters. The van der Waals surface area contributed by atoms with E-state index in [1.54, 1.807) is 20.8 Å². The summed E-state index contributed by atoms with van der Waals surface area (Å²) in [5.41, 5.74) is -0.305. The lowest BCUT2D eigenvalue weighted by Gasteiger charge is -2.36. The summed E-state index contributed by atoms with van der Waals surface area (Å²) in [5.74, 6) is -0.839. The summed E-state index contributed by atoms with van der Waals surface area (Å²) in [6.07, 6.45) is 1.16. The molecular weight excluding hydrogens is 303 g/mol. The molecule has 1 aliphatic heterocycles. The fourth-order valence-electron chi connectivity index (χ4n) is 2.31.